The lowest BCUT2D eigenvalue weighted by Gasteiger charge is -2.35. The molecule has 0 atom stereocenters. The van der Waals surface area contributed by atoms with Crippen LogP contribution in [0, 0.1) is 6.92 Å². The van der Waals surface area contributed by atoms with Crippen molar-refractivity contribution in [3.63, 3.8) is 0 Å². The van der Waals surface area contributed by atoms with E-state index >= 15 is 0 Å². The maximum Gasteiger partial charge on any atom is 0.242 e. The number of rotatable bonds is 7. The molecule has 2 aliphatic heterocycles. The first-order valence-electron chi connectivity index (χ1n) is 10.9. The number of thiazole rings is 1. The Morgan fingerprint density at radius 2 is 1.58 bits per heavy atom. The summed E-state index contributed by atoms with van der Waals surface area (Å²) in [7, 11) is 0. The molecular formula is C23H26N4O5S. The number of nitrogens with zero attached hydrogens (tertiary/aromatic N) is 4. The van der Waals surface area contributed by atoms with Crippen molar-refractivity contribution >= 4 is 35.0 Å². The van der Waals surface area contributed by atoms with Crippen molar-refractivity contribution < 1.29 is 23.9 Å². The molecule has 0 spiro atoms. The second-order valence-corrected chi connectivity index (χ2v) is 9.09. The van der Waals surface area contributed by atoms with Crippen LogP contribution in [0.25, 0.3) is 0 Å². The largest absolute Gasteiger partial charge is 0.486 e. The Labute approximate surface area is 195 Å². The van der Waals surface area contributed by atoms with Gasteiger partial charge in [-0.1, -0.05) is 17.7 Å². The molecule has 2 aliphatic rings. The number of imide groups is 1. The van der Waals surface area contributed by atoms with E-state index in [1.807, 2.05) is 36.6 Å². The molecule has 0 N–H and O–H groups in total. The van der Waals surface area contributed by atoms with Gasteiger partial charge in [-0.25, -0.2) is 4.98 Å². The maximum atomic E-state index is 12.7. The molecule has 2 saturated heterocycles. The van der Waals surface area contributed by atoms with Crippen LogP contribution in [-0.2, 0) is 32.2 Å². The van der Waals surface area contributed by atoms with E-state index in [1.54, 1.807) is 9.80 Å². The predicted octanol–water partition coefficient (Wildman–Crippen LogP) is 1.39. The van der Waals surface area contributed by atoms with Gasteiger partial charge in [-0.05, 0) is 19.1 Å². The summed E-state index contributed by atoms with van der Waals surface area (Å²) in [5.74, 6) is -0.117. The second-order valence-electron chi connectivity index (χ2n) is 8.15. The van der Waals surface area contributed by atoms with Gasteiger partial charge in [0.25, 0.3) is 0 Å². The van der Waals surface area contributed by atoms with E-state index in [4.69, 9.17) is 4.74 Å². The molecule has 4 amide bonds. The van der Waals surface area contributed by atoms with Gasteiger partial charge in [0, 0.05) is 44.4 Å². The normalized spacial score (nSPS) is 16.5. The minimum atomic E-state index is -0.297. The number of benzene rings is 1. The molecule has 9 nitrogen and oxygen atoms in total. The summed E-state index contributed by atoms with van der Waals surface area (Å²) in [6.45, 7) is 3.76. The van der Waals surface area contributed by atoms with Gasteiger partial charge in [0.2, 0.25) is 23.6 Å². The molecule has 10 heteroatoms. The number of hydrogen-bond acceptors (Lipinski definition) is 7. The minimum absolute atomic E-state index is 0.0386. The van der Waals surface area contributed by atoms with Crippen molar-refractivity contribution in [1.82, 2.24) is 19.7 Å². The number of hydrogen-bond donors (Lipinski definition) is 0. The molecule has 1 aromatic heterocycles. The summed E-state index contributed by atoms with van der Waals surface area (Å²) >= 11 is 1.46. The quantitative estimate of drug-likeness (QED) is 0.567. The number of aryl methyl sites for hydroxylation is 1. The molecular weight excluding hydrogens is 444 g/mol. The first-order valence-corrected chi connectivity index (χ1v) is 11.8. The number of aromatic nitrogens is 1. The van der Waals surface area contributed by atoms with E-state index in [1.165, 1.54) is 16.9 Å². The third kappa shape index (κ3) is 5.75. The van der Waals surface area contributed by atoms with Gasteiger partial charge in [0.1, 0.15) is 23.9 Å². The van der Waals surface area contributed by atoms with E-state index in [-0.39, 0.29) is 49.4 Å². The molecule has 33 heavy (non-hydrogen) atoms. The summed E-state index contributed by atoms with van der Waals surface area (Å²) in [6.07, 6.45) is 0.543. The van der Waals surface area contributed by atoms with Gasteiger partial charge < -0.3 is 14.5 Å². The van der Waals surface area contributed by atoms with Crippen LogP contribution in [0.5, 0.6) is 5.75 Å². The lowest BCUT2D eigenvalue weighted by Crippen LogP contribution is -2.53. The van der Waals surface area contributed by atoms with Crippen molar-refractivity contribution in [1.29, 1.82) is 0 Å². The third-order valence-corrected chi connectivity index (χ3v) is 6.62. The highest BCUT2D eigenvalue weighted by molar-refractivity contribution is 7.09. The number of amides is 4. The molecule has 0 radical (unpaired) electrons. The first kappa shape index (κ1) is 22.9. The van der Waals surface area contributed by atoms with Crippen molar-refractivity contribution in [2.24, 2.45) is 0 Å². The van der Waals surface area contributed by atoms with E-state index in [9.17, 15) is 19.2 Å². The maximum absolute atomic E-state index is 12.7. The number of ether oxygens (including phenoxy) is 1. The predicted molar refractivity (Wildman–Crippen MR) is 120 cm³/mol. The topological polar surface area (TPSA) is 100 Å². The van der Waals surface area contributed by atoms with E-state index in [2.05, 4.69) is 4.98 Å². The molecule has 0 aliphatic carbocycles. The average Bonchev–Trinajstić information content (AvgIpc) is 3.40. The number of likely N-dealkylation sites (tertiary alicyclic amines) is 1. The Morgan fingerprint density at radius 3 is 2.21 bits per heavy atom. The fourth-order valence-corrected chi connectivity index (χ4v) is 4.49. The van der Waals surface area contributed by atoms with Crippen LogP contribution >= 0.6 is 11.3 Å². The smallest absolute Gasteiger partial charge is 0.242 e. The van der Waals surface area contributed by atoms with Gasteiger partial charge in [-0.2, -0.15) is 0 Å². The minimum Gasteiger partial charge on any atom is -0.486 e. The molecule has 2 aromatic rings. The fraction of sp³-hybridized carbons (Fsp3) is 0.435. The number of carbonyl (C=O) groups is 4. The van der Waals surface area contributed by atoms with Crippen molar-refractivity contribution in [2.75, 3.05) is 32.7 Å². The Morgan fingerprint density at radius 1 is 0.970 bits per heavy atom. The first-order chi connectivity index (χ1) is 15.9. The van der Waals surface area contributed by atoms with Crippen molar-refractivity contribution in [2.45, 2.75) is 32.8 Å². The van der Waals surface area contributed by atoms with Crippen molar-refractivity contribution in [3.8, 4) is 5.75 Å². The summed E-state index contributed by atoms with van der Waals surface area (Å²) in [6, 6.07) is 7.80. The standard InChI is InChI=1S/C23H26N4O5S/c1-16-2-4-18(5-3-16)32-14-19-24-17(15-33-19)12-22(30)25-8-10-26(11-9-25)23(31)13-27-20(28)6-7-21(27)29/h2-5,15H,6-14H2,1H3. The van der Waals surface area contributed by atoms with Crippen LogP contribution in [0.2, 0.25) is 0 Å². The van der Waals surface area contributed by atoms with Crippen LogP contribution in [0.1, 0.15) is 29.1 Å². The molecule has 0 unspecified atom stereocenters. The highest BCUT2D eigenvalue weighted by atomic mass is 32.1. The van der Waals surface area contributed by atoms with Crippen LogP contribution < -0.4 is 4.74 Å². The molecule has 2 fully saturated rings. The number of piperazine rings is 1. The molecule has 0 saturated carbocycles. The van der Waals surface area contributed by atoms with Gasteiger partial charge in [0.05, 0.1) is 12.1 Å². The van der Waals surface area contributed by atoms with Crippen LogP contribution in [-0.4, -0.2) is 76.0 Å². The van der Waals surface area contributed by atoms with Crippen LogP contribution in [0.4, 0.5) is 0 Å². The monoisotopic (exact) mass is 470 g/mol. The summed E-state index contributed by atoms with van der Waals surface area (Å²) < 4.78 is 5.75. The van der Waals surface area contributed by atoms with Gasteiger partial charge in [-0.15, -0.1) is 11.3 Å². The zero-order valence-corrected chi connectivity index (χ0v) is 19.3. The Hall–Kier alpha value is -3.27. The van der Waals surface area contributed by atoms with E-state index in [0.29, 0.717) is 38.5 Å². The molecule has 174 valence electrons. The van der Waals surface area contributed by atoms with Crippen LogP contribution in [0.15, 0.2) is 29.6 Å². The van der Waals surface area contributed by atoms with Gasteiger partial charge in [0.15, 0.2) is 0 Å². The zero-order chi connectivity index (χ0) is 23.4. The fourth-order valence-electron chi connectivity index (χ4n) is 3.78. The highest BCUT2D eigenvalue weighted by Crippen LogP contribution is 2.17. The third-order valence-electron chi connectivity index (χ3n) is 5.75. The molecule has 3 heterocycles. The second kappa shape index (κ2) is 10.1. The van der Waals surface area contributed by atoms with Crippen LogP contribution in [0.3, 0.4) is 0 Å². The molecule has 1 aromatic carbocycles. The Kier molecular flexibility index (Phi) is 7.02. The van der Waals surface area contributed by atoms with E-state index < -0.39 is 0 Å². The lowest BCUT2D eigenvalue weighted by molar-refractivity contribution is -0.147. The highest BCUT2D eigenvalue weighted by Gasteiger charge is 2.33. The van der Waals surface area contributed by atoms with Gasteiger partial charge in [-0.3, -0.25) is 24.1 Å². The Balaban J connectivity index is 1.21. The number of carbonyl (C=O) groups excluding carboxylic acids is 4. The summed E-state index contributed by atoms with van der Waals surface area (Å²) in [5, 5.41) is 2.68. The summed E-state index contributed by atoms with van der Waals surface area (Å²) in [4.78, 5) is 57.4. The molecule has 0 bridgehead atoms. The van der Waals surface area contributed by atoms with Crippen molar-refractivity contribution in [3.05, 3.63) is 45.9 Å². The summed E-state index contributed by atoms with van der Waals surface area (Å²) in [5.41, 5.74) is 1.87. The molecule has 4 rings (SSSR count). The van der Waals surface area contributed by atoms with Gasteiger partial charge >= 0.3 is 0 Å². The van der Waals surface area contributed by atoms with E-state index in [0.717, 1.165) is 15.7 Å². The average molecular weight is 471 g/mol. The zero-order valence-electron chi connectivity index (χ0n) is 18.5. The lowest BCUT2D eigenvalue weighted by atomic mass is 10.2. The Bertz CT molecular complexity index is 1030. The SMILES string of the molecule is Cc1ccc(OCc2nc(CC(=O)N3CCN(C(=O)CN4C(=O)CCC4=O)CC3)cs2)cc1.